The molecule has 1 fully saturated rings. The molecule has 2 amide bonds. The SMILES string of the molecule is CC(C)[C@H]1CN(c2ccc(Cl)cn2)C(=O)N1CC(=O)Cc1cccc(C(F)(F)F)c1. The Hall–Kier alpha value is -2.61. The van der Waals surface area contributed by atoms with Crippen LogP contribution in [-0.4, -0.2) is 40.8 Å². The lowest BCUT2D eigenvalue weighted by Gasteiger charge is -2.25. The number of nitrogens with zero attached hydrogens (tertiary/aromatic N) is 3. The molecule has 160 valence electrons. The van der Waals surface area contributed by atoms with Crippen LogP contribution in [0.15, 0.2) is 42.6 Å². The predicted octanol–water partition coefficient (Wildman–Crippen LogP) is 4.83. The number of pyridine rings is 1. The zero-order chi connectivity index (χ0) is 22.1. The van der Waals surface area contributed by atoms with Crippen LogP contribution >= 0.6 is 11.6 Å². The summed E-state index contributed by atoms with van der Waals surface area (Å²) in [6, 6.07) is 7.35. The first-order valence-corrected chi connectivity index (χ1v) is 9.81. The first kappa shape index (κ1) is 22.1. The van der Waals surface area contributed by atoms with Crippen LogP contribution in [0.3, 0.4) is 0 Å². The van der Waals surface area contributed by atoms with E-state index in [0.29, 0.717) is 17.4 Å². The van der Waals surface area contributed by atoms with E-state index in [1.54, 1.807) is 12.1 Å². The molecule has 1 aliphatic heterocycles. The monoisotopic (exact) mass is 439 g/mol. The zero-order valence-electron chi connectivity index (χ0n) is 16.5. The minimum absolute atomic E-state index is 0.0765. The number of halogens is 4. The summed E-state index contributed by atoms with van der Waals surface area (Å²) in [5, 5.41) is 0.443. The largest absolute Gasteiger partial charge is 0.416 e. The Morgan fingerprint density at radius 1 is 1.27 bits per heavy atom. The summed E-state index contributed by atoms with van der Waals surface area (Å²) in [4.78, 5) is 32.7. The van der Waals surface area contributed by atoms with Crippen molar-refractivity contribution in [2.24, 2.45) is 5.92 Å². The molecular weight excluding hydrogens is 419 g/mol. The van der Waals surface area contributed by atoms with Crippen molar-refractivity contribution >= 4 is 29.2 Å². The molecule has 3 rings (SSSR count). The summed E-state index contributed by atoms with van der Waals surface area (Å²) in [5.41, 5.74) is -0.538. The van der Waals surface area contributed by atoms with Gasteiger partial charge in [0.05, 0.1) is 23.2 Å². The van der Waals surface area contributed by atoms with Crippen LogP contribution in [0.5, 0.6) is 0 Å². The van der Waals surface area contributed by atoms with Gasteiger partial charge in [-0.15, -0.1) is 0 Å². The van der Waals surface area contributed by atoms with E-state index < -0.39 is 11.7 Å². The summed E-state index contributed by atoms with van der Waals surface area (Å²) in [6.07, 6.45) is -3.22. The minimum atomic E-state index is -4.47. The molecule has 1 atom stereocenters. The van der Waals surface area contributed by atoms with Gasteiger partial charge < -0.3 is 4.90 Å². The zero-order valence-corrected chi connectivity index (χ0v) is 17.2. The second-order valence-electron chi connectivity index (χ2n) is 7.58. The first-order valence-electron chi connectivity index (χ1n) is 9.44. The van der Waals surface area contributed by atoms with Gasteiger partial charge in [0.25, 0.3) is 0 Å². The van der Waals surface area contributed by atoms with Crippen molar-refractivity contribution in [3.63, 3.8) is 0 Å². The van der Waals surface area contributed by atoms with Gasteiger partial charge in [0.1, 0.15) is 5.82 Å². The lowest BCUT2D eigenvalue weighted by Crippen LogP contribution is -2.41. The third kappa shape index (κ3) is 4.92. The highest BCUT2D eigenvalue weighted by molar-refractivity contribution is 6.30. The van der Waals surface area contributed by atoms with Crippen molar-refractivity contribution in [2.75, 3.05) is 18.0 Å². The molecule has 1 saturated heterocycles. The highest BCUT2D eigenvalue weighted by atomic mass is 35.5. The average Bonchev–Trinajstić information content (AvgIpc) is 2.98. The van der Waals surface area contributed by atoms with Crippen molar-refractivity contribution in [2.45, 2.75) is 32.5 Å². The number of aromatic nitrogens is 1. The van der Waals surface area contributed by atoms with Crippen LogP contribution in [0.1, 0.15) is 25.0 Å². The second-order valence-corrected chi connectivity index (χ2v) is 8.02. The molecule has 2 heterocycles. The van der Waals surface area contributed by atoms with E-state index in [2.05, 4.69) is 4.98 Å². The number of rotatable bonds is 6. The van der Waals surface area contributed by atoms with Crippen molar-refractivity contribution in [3.8, 4) is 0 Å². The molecule has 0 N–H and O–H groups in total. The second kappa shape index (κ2) is 8.63. The maximum atomic E-state index is 13.0. The molecule has 0 aliphatic carbocycles. The smallest absolute Gasteiger partial charge is 0.312 e. The number of benzene rings is 1. The molecule has 0 saturated carbocycles. The molecule has 30 heavy (non-hydrogen) atoms. The third-order valence-corrected chi connectivity index (χ3v) is 5.23. The van der Waals surface area contributed by atoms with E-state index in [-0.39, 0.29) is 42.3 Å². The number of hydrogen-bond acceptors (Lipinski definition) is 3. The first-order chi connectivity index (χ1) is 14.1. The Morgan fingerprint density at radius 3 is 2.60 bits per heavy atom. The third-order valence-electron chi connectivity index (χ3n) is 5.01. The summed E-state index contributed by atoms with van der Waals surface area (Å²) in [5.74, 6) is 0.176. The molecular formula is C21H21ClF3N3O2. The van der Waals surface area contributed by atoms with E-state index >= 15 is 0 Å². The fraction of sp³-hybridized carbons (Fsp3) is 0.381. The van der Waals surface area contributed by atoms with E-state index in [0.717, 1.165) is 12.1 Å². The molecule has 2 aromatic rings. The number of carbonyl (C=O) groups excluding carboxylic acids is 2. The molecule has 0 spiro atoms. The number of alkyl halides is 3. The highest BCUT2D eigenvalue weighted by Gasteiger charge is 2.40. The normalized spacial score (nSPS) is 17.2. The summed E-state index contributed by atoms with van der Waals surface area (Å²) in [6.45, 7) is 4.08. The topological polar surface area (TPSA) is 53.5 Å². The predicted molar refractivity (Wildman–Crippen MR) is 107 cm³/mol. The Balaban J connectivity index is 1.74. The van der Waals surface area contributed by atoms with Crippen molar-refractivity contribution < 1.29 is 22.8 Å². The number of urea groups is 1. The average molecular weight is 440 g/mol. The molecule has 0 bridgehead atoms. The maximum absolute atomic E-state index is 13.0. The summed E-state index contributed by atoms with van der Waals surface area (Å²) >= 11 is 5.86. The fourth-order valence-corrected chi connectivity index (χ4v) is 3.58. The van der Waals surface area contributed by atoms with Crippen LogP contribution in [0.2, 0.25) is 5.02 Å². The van der Waals surface area contributed by atoms with Gasteiger partial charge in [-0.05, 0) is 29.7 Å². The lowest BCUT2D eigenvalue weighted by molar-refractivity contribution is -0.137. The lowest BCUT2D eigenvalue weighted by atomic mass is 10.0. The number of anilines is 1. The van der Waals surface area contributed by atoms with Gasteiger partial charge in [-0.3, -0.25) is 9.69 Å². The van der Waals surface area contributed by atoms with Crippen LogP contribution in [0.4, 0.5) is 23.8 Å². The van der Waals surface area contributed by atoms with Gasteiger partial charge in [0, 0.05) is 19.2 Å². The Kier molecular flexibility index (Phi) is 6.36. The minimum Gasteiger partial charge on any atom is -0.312 e. The number of amides is 2. The Morgan fingerprint density at radius 2 is 2.00 bits per heavy atom. The van der Waals surface area contributed by atoms with Crippen LogP contribution in [0, 0.1) is 5.92 Å². The molecule has 0 radical (unpaired) electrons. The standard InChI is InChI=1S/C21H21ClF3N3O2/c1-13(2)18-12-28(19-7-6-16(22)10-26-19)20(30)27(18)11-17(29)9-14-4-3-5-15(8-14)21(23,24)25/h3-8,10,13,18H,9,11-12H2,1-2H3/t18-/m1/s1. The van der Waals surface area contributed by atoms with Gasteiger partial charge in [0.2, 0.25) is 0 Å². The molecule has 1 aromatic carbocycles. The molecule has 0 unspecified atom stereocenters. The van der Waals surface area contributed by atoms with E-state index in [9.17, 15) is 22.8 Å². The number of carbonyl (C=O) groups is 2. The Labute approximate surface area is 177 Å². The number of Topliss-reactive ketones (excluding diaryl/α,β-unsaturated/α-hetero) is 1. The summed E-state index contributed by atoms with van der Waals surface area (Å²) < 4.78 is 38.7. The van der Waals surface area contributed by atoms with E-state index in [1.165, 1.54) is 28.1 Å². The van der Waals surface area contributed by atoms with Crippen LogP contribution in [0.25, 0.3) is 0 Å². The molecule has 1 aliphatic rings. The highest BCUT2D eigenvalue weighted by Crippen LogP contribution is 2.30. The van der Waals surface area contributed by atoms with Crippen molar-refractivity contribution in [1.82, 2.24) is 9.88 Å². The fourth-order valence-electron chi connectivity index (χ4n) is 3.47. The van der Waals surface area contributed by atoms with Gasteiger partial charge in [-0.1, -0.05) is 43.6 Å². The maximum Gasteiger partial charge on any atom is 0.416 e. The Bertz CT molecular complexity index is 932. The van der Waals surface area contributed by atoms with Gasteiger partial charge in [-0.2, -0.15) is 13.2 Å². The molecule has 1 aromatic heterocycles. The van der Waals surface area contributed by atoms with Gasteiger partial charge in [-0.25, -0.2) is 9.78 Å². The van der Waals surface area contributed by atoms with Crippen molar-refractivity contribution in [1.29, 1.82) is 0 Å². The van der Waals surface area contributed by atoms with Crippen LogP contribution < -0.4 is 4.90 Å². The quantitative estimate of drug-likeness (QED) is 0.647. The molecule has 5 nitrogen and oxygen atoms in total. The van der Waals surface area contributed by atoms with Crippen molar-refractivity contribution in [3.05, 3.63) is 58.7 Å². The van der Waals surface area contributed by atoms with Gasteiger partial charge in [0.15, 0.2) is 5.78 Å². The van der Waals surface area contributed by atoms with E-state index in [1.807, 2.05) is 13.8 Å². The number of hydrogen-bond donors (Lipinski definition) is 0. The molecule has 9 heteroatoms. The number of ketones is 1. The summed E-state index contributed by atoms with van der Waals surface area (Å²) in [7, 11) is 0. The van der Waals surface area contributed by atoms with Crippen LogP contribution in [-0.2, 0) is 17.4 Å². The van der Waals surface area contributed by atoms with Gasteiger partial charge >= 0.3 is 12.2 Å². The van der Waals surface area contributed by atoms with E-state index in [4.69, 9.17) is 11.6 Å².